The third-order valence-corrected chi connectivity index (χ3v) is 3.67. The van der Waals surface area contributed by atoms with Crippen LogP contribution >= 0.6 is 0 Å². The van der Waals surface area contributed by atoms with Gasteiger partial charge >= 0.3 is 0 Å². The molecule has 0 radical (unpaired) electrons. The Morgan fingerprint density at radius 3 is 2.64 bits per heavy atom. The molecule has 1 aliphatic heterocycles. The summed E-state index contributed by atoms with van der Waals surface area (Å²) in [6.45, 7) is 4.94. The molecule has 1 aliphatic rings. The van der Waals surface area contributed by atoms with Gasteiger partial charge in [-0.05, 0) is 25.1 Å². The van der Waals surface area contributed by atoms with Crippen LogP contribution in [0.25, 0.3) is 0 Å². The molecule has 136 valence electrons. The topological polar surface area (TPSA) is 144 Å². The van der Waals surface area contributed by atoms with Gasteiger partial charge in [-0.2, -0.15) is 4.99 Å². The van der Waals surface area contributed by atoms with Crippen molar-refractivity contribution in [2.45, 2.75) is 6.42 Å². The number of aliphatic imine (C=N–C) groups is 2. The molecule has 0 spiro atoms. The molecule has 1 aromatic rings. The molecule has 7 N–H and O–H groups in total. The molecule has 25 heavy (non-hydrogen) atoms. The Balaban J connectivity index is 1.89. The summed E-state index contributed by atoms with van der Waals surface area (Å²) in [4.78, 5) is 22.4. The van der Waals surface area contributed by atoms with Gasteiger partial charge in [0.1, 0.15) is 0 Å². The van der Waals surface area contributed by atoms with Crippen molar-refractivity contribution in [2.75, 3.05) is 39.4 Å². The molecule has 0 saturated carbocycles. The van der Waals surface area contributed by atoms with Crippen molar-refractivity contribution in [3.05, 3.63) is 29.8 Å². The first-order chi connectivity index (χ1) is 12.1. The quantitative estimate of drug-likeness (QED) is 0.306. The third kappa shape index (κ3) is 6.40. The molecule has 0 aliphatic carbocycles. The minimum absolute atomic E-state index is 0.104. The van der Waals surface area contributed by atoms with Crippen molar-refractivity contribution in [3.63, 3.8) is 0 Å². The zero-order valence-electron chi connectivity index (χ0n) is 14.1. The molecule has 1 amide bonds. The number of nitrogens with zero attached hydrogens (tertiary/aromatic N) is 3. The van der Waals surface area contributed by atoms with Gasteiger partial charge in [-0.15, -0.1) is 0 Å². The van der Waals surface area contributed by atoms with Gasteiger partial charge in [-0.25, -0.2) is 4.99 Å². The largest absolute Gasteiger partial charge is 0.379 e. The second kappa shape index (κ2) is 9.60. The van der Waals surface area contributed by atoms with Crippen LogP contribution in [0, 0.1) is 0 Å². The van der Waals surface area contributed by atoms with Crippen LogP contribution < -0.4 is 22.5 Å². The highest BCUT2D eigenvalue weighted by Gasteiger charge is 2.12. The summed E-state index contributed by atoms with van der Waals surface area (Å²) >= 11 is 0. The van der Waals surface area contributed by atoms with Crippen LogP contribution in [0.3, 0.4) is 0 Å². The van der Waals surface area contributed by atoms with Gasteiger partial charge in [-0.3, -0.25) is 9.69 Å². The first kappa shape index (κ1) is 18.7. The lowest BCUT2D eigenvalue weighted by molar-refractivity contribution is 0.0374. The van der Waals surface area contributed by atoms with Crippen molar-refractivity contribution in [3.8, 4) is 0 Å². The van der Waals surface area contributed by atoms with Gasteiger partial charge < -0.3 is 27.3 Å². The molecule has 1 saturated heterocycles. The molecule has 9 nitrogen and oxygen atoms in total. The molecule has 1 heterocycles. The van der Waals surface area contributed by atoms with Crippen LogP contribution in [-0.4, -0.2) is 62.1 Å². The summed E-state index contributed by atoms with van der Waals surface area (Å²) in [6.07, 6.45) is 0.868. The van der Waals surface area contributed by atoms with Crippen molar-refractivity contribution >= 4 is 23.5 Å². The van der Waals surface area contributed by atoms with Gasteiger partial charge in [0.25, 0.3) is 5.91 Å². The monoisotopic (exact) mass is 347 g/mol. The average Bonchev–Trinajstić information content (AvgIpc) is 2.59. The highest BCUT2D eigenvalue weighted by Crippen LogP contribution is 2.18. The van der Waals surface area contributed by atoms with E-state index in [1.54, 1.807) is 24.3 Å². The summed E-state index contributed by atoms with van der Waals surface area (Å²) in [5, 5.41) is 2.90. The molecule has 0 atom stereocenters. The Kier molecular flexibility index (Phi) is 7.17. The van der Waals surface area contributed by atoms with E-state index in [4.69, 9.17) is 21.9 Å². The highest BCUT2D eigenvalue weighted by molar-refractivity contribution is 6.01. The van der Waals surface area contributed by atoms with E-state index in [9.17, 15) is 4.79 Å². The summed E-state index contributed by atoms with van der Waals surface area (Å²) in [6, 6.07) is 6.88. The Labute approximate surface area is 146 Å². The van der Waals surface area contributed by atoms with Gasteiger partial charge in [0.2, 0.25) is 5.96 Å². The first-order valence-corrected chi connectivity index (χ1v) is 8.17. The van der Waals surface area contributed by atoms with E-state index in [0.29, 0.717) is 17.8 Å². The Morgan fingerprint density at radius 1 is 1.20 bits per heavy atom. The maximum Gasteiger partial charge on any atom is 0.253 e. The van der Waals surface area contributed by atoms with Gasteiger partial charge in [-0.1, -0.05) is 12.1 Å². The SMILES string of the molecule is NC(N)=NC(N)=Nc1ccccc1C(=O)NCCCN1CCOCC1. The van der Waals surface area contributed by atoms with E-state index >= 15 is 0 Å². The van der Waals surface area contributed by atoms with Crippen LogP contribution in [0.15, 0.2) is 34.3 Å². The Morgan fingerprint density at radius 2 is 1.92 bits per heavy atom. The molecule has 1 aromatic carbocycles. The maximum atomic E-state index is 12.4. The van der Waals surface area contributed by atoms with Crippen molar-refractivity contribution in [1.82, 2.24) is 10.2 Å². The van der Waals surface area contributed by atoms with Crippen LogP contribution in [0.1, 0.15) is 16.8 Å². The standard InChI is InChI=1S/C16H25N7O2/c17-15(18)22-16(19)21-13-5-2-1-4-12(13)14(24)20-6-3-7-23-8-10-25-11-9-23/h1-2,4-5H,3,6-11H2,(H,20,24)(H6,17,18,19,21,22). The molecular formula is C16H25N7O2. The lowest BCUT2D eigenvalue weighted by Gasteiger charge is -2.26. The van der Waals surface area contributed by atoms with Crippen LogP contribution in [-0.2, 0) is 4.74 Å². The molecule has 2 rings (SSSR count). The van der Waals surface area contributed by atoms with Gasteiger partial charge in [0.05, 0.1) is 24.5 Å². The highest BCUT2D eigenvalue weighted by atomic mass is 16.5. The van der Waals surface area contributed by atoms with E-state index < -0.39 is 0 Å². The predicted molar refractivity (Wildman–Crippen MR) is 97.7 cm³/mol. The van der Waals surface area contributed by atoms with Crippen LogP contribution in [0.4, 0.5) is 5.69 Å². The fraction of sp³-hybridized carbons (Fsp3) is 0.438. The smallest absolute Gasteiger partial charge is 0.253 e. The molecule has 0 aromatic heterocycles. The zero-order valence-corrected chi connectivity index (χ0v) is 14.1. The number of nitrogens with one attached hydrogen (secondary N) is 1. The van der Waals surface area contributed by atoms with Crippen molar-refractivity contribution < 1.29 is 9.53 Å². The molecule has 0 unspecified atom stereocenters. The van der Waals surface area contributed by atoms with Crippen LogP contribution in [0.5, 0.6) is 0 Å². The number of benzene rings is 1. The number of rotatable bonds is 6. The number of carbonyl (C=O) groups is 1. The van der Waals surface area contributed by atoms with Gasteiger partial charge in [0, 0.05) is 19.6 Å². The number of morpholine rings is 1. The second-order valence-electron chi connectivity index (χ2n) is 5.59. The number of para-hydroxylation sites is 1. The lowest BCUT2D eigenvalue weighted by Crippen LogP contribution is -2.38. The van der Waals surface area contributed by atoms with E-state index in [-0.39, 0.29) is 17.8 Å². The Hall–Kier alpha value is -2.65. The summed E-state index contributed by atoms with van der Waals surface area (Å²) in [5.41, 5.74) is 17.0. The number of guanidine groups is 2. The number of nitrogens with two attached hydrogens (primary N) is 3. The minimum atomic E-state index is -0.209. The molecular weight excluding hydrogens is 322 g/mol. The number of carbonyl (C=O) groups excluding carboxylic acids is 1. The Bertz CT molecular complexity index is 635. The molecule has 0 bridgehead atoms. The fourth-order valence-corrected chi connectivity index (χ4v) is 2.47. The zero-order chi connectivity index (χ0) is 18.1. The maximum absolute atomic E-state index is 12.4. The molecule has 1 fully saturated rings. The normalized spacial score (nSPS) is 15.6. The second-order valence-corrected chi connectivity index (χ2v) is 5.59. The lowest BCUT2D eigenvalue weighted by atomic mass is 10.1. The van der Waals surface area contributed by atoms with Crippen LogP contribution in [0.2, 0.25) is 0 Å². The summed E-state index contributed by atoms with van der Waals surface area (Å²) < 4.78 is 5.31. The van der Waals surface area contributed by atoms with Gasteiger partial charge in [0.15, 0.2) is 5.96 Å². The third-order valence-electron chi connectivity index (χ3n) is 3.67. The van der Waals surface area contributed by atoms with E-state index in [1.807, 2.05) is 0 Å². The number of ether oxygens (including phenoxy) is 1. The number of hydrogen-bond acceptors (Lipinski definition) is 4. The average molecular weight is 347 g/mol. The fourth-order valence-electron chi connectivity index (χ4n) is 2.47. The first-order valence-electron chi connectivity index (χ1n) is 8.17. The van der Waals surface area contributed by atoms with Crippen molar-refractivity contribution in [2.24, 2.45) is 27.2 Å². The summed E-state index contributed by atoms with van der Waals surface area (Å²) in [7, 11) is 0. The van der Waals surface area contributed by atoms with E-state index in [1.165, 1.54) is 0 Å². The number of amides is 1. The number of hydrogen-bond donors (Lipinski definition) is 4. The minimum Gasteiger partial charge on any atom is -0.379 e. The van der Waals surface area contributed by atoms with E-state index in [0.717, 1.165) is 39.3 Å². The predicted octanol–water partition coefficient (Wildman–Crippen LogP) is -0.642. The molecule has 9 heteroatoms. The summed E-state index contributed by atoms with van der Waals surface area (Å²) in [5.74, 6) is -0.502. The van der Waals surface area contributed by atoms with E-state index in [2.05, 4.69) is 20.2 Å². The van der Waals surface area contributed by atoms with Crippen molar-refractivity contribution in [1.29, 1.82) is 0 Å².